The highest BCUT2D eigenvalue weighted by molar-refractivity contribution is 5.54. The van der Waals surface area contributed by atoms with Crippen LogP contribution in [0.5, 0.6) is 0 Å². The number of hydrogen-bond acceptors (Lipinski definition) is 4. The van der Waals surface area contributed by atoms with Crippen LogP contribution in [0.1, 0.15) is 16.8 Å². The molecule has 0 spiro atoms. The van der Waals surface area contributed by atoms with Gasteiger partial charge in [0.05, 0.1) is 5.69 Å². The molecule has 1 aromatic carbocycles. The molecule has 0 radical (unpaired) electrons. The van der Waals surface area contributed by atoms with Gasteiger partial charge in [-0.3, -0.25) is 0 Å². The lowest BCUT2D eigenvalue weighted by Crippen LogP contribution is -2.25. The quantitative estimate of drug-likeness (QED) is 0.844. The van der Waals surface area contributed by atoms with Gasteiger partial charge in [-0.05, 0) is 43.1 Å². The highest BCUT2D eigenvalue weighted by atomic mass is 15.1. The Morgan fingerprint density at radius 3 is 3.17 bits per heavy atom. The van der Waals surface area contributed by atoms with Crippen LogP contribution in [0.25, 0.3) is 0 Å². The lowest BCUT2D eigenvalue weighted by molar-refractivity contribution is 0.624. The molecule has 2 aromatic rings. The van der Waals surface area contributed by atoms with Crippen molar-refractivity contribution in [3.63, 3.8) is 0 Å². The summed E-state index contributed by atoms with van der Waals surface area (Å²) in [4.78, 5) is 8.92. The molecule has 0 saturated carbocycles. The standard InChI is InChI=1S/C14H16N4/c1-10-3-2-4-12(7-10)17-14-16-8-11-5-6-15-9-13(11)18-14/h2-4,7-8,15H,5-6,9H2,1H3,(H,16,17,18). The number of aryl methyl sites for hydroxylation is 1. The van der Waals surface area contributed by atoms with Gasteiger partial charge in [-0.2, -0.15) is 0 Å². The summed E-state index contributed by atoms with van der Waals surface area (Å²) in [6, 6.07) is 8.20. The third kappa shape index (κ3) is 2.33. The molecule has 0 saturated heterocycles. The van der Waals surface area contributed by atoms with Gasteiger partial charge >= 0.3 is 0 Å². The van der Waals surface area contributed by atoms with Crippen molar-refractivity contribution in [2.24, 2.45) is 0 Å². The van der Waals surface area contributed by atoms with Gasteiger partial charge in [0.15, 0.2) is 0 Å². The number of nitrogens with zero attached hydrogens (tertiary/aromatic N) is 2. The molecule has 1 aliphatic rings. The molecular formula is C14H16N4. The fourth-order valence-electron chi connectivity index (χ4n) is 2.15. The van der Waals surface area contributed by atoms with Gasteiger partial charge in [0, 0.05) is 18.4 Å². The summed E-state index contributed by atoms with van der Waals surface area (Å²) >= 11 is 0. The third-order valence-corrected chi connectivity index (χ3v) is 3.09. The second-order valence-electron chi connectivity index (χ2n) is 4.59. The predicted octanol–water partition coefficient (Wildman–Crippen LogP) is 2.17. The Hall–Kier alpha value is -1.94. The Kier molecular flexibility index (Phi) is 2.94. The SMILES string of the molecule is Cc1cccc(Nc2ncc3c(n2)CNCC3)c1. The smallest absolute Gasteiger partial charge is 0.227 e. The van der Waals surface area contributed by atoms with E-state index in [2.05, 4.69) is 39.7 Å². The number of benzene rings is 1. The number of nitrogens with one attached hydrogen (secondary N) is 2. The topological polar surface area (TPSA) is 49.8 Å². The van der Waals surface area contributed by atoms with Gasteiger partial charge in [-0.15, -0.1) is 0 Å². The Labute approximate surface area is 106 Å². The first kappa shape index (κ1) is 11.2. The highest BCUT2D eigenvalue weighted by Gasteiger charge is 2.11. The normalized spacial score (nSPS) is 14.1. The van der Waals surface area contributed by atoms with E-state index in [0.29, 0.717) is 5.95 Å². The third-order valence-electron chi connectivity index (χ3n) is 3.09. The van der Waals surface area contributed by atoms with Crippen LogP contribution in [0.2, 0.25) is 0 Å². The molecule has 0 fully saturated rings. The van der Waals surface area contributed by atoms with E-state index in [1.165, 1.54) is 11.1 Å². The molecule has 0 bridgehead atoms. The van der Waals surface area contributed by atoms with Crippen molar-refractivity contribution in [2.75, 3.05) is 11.9 Å². The molecule has 0 aliphatic carbocycles. The van der Waals surface area contributed by atoms with E-state index >= 15 is 0 Å². The van der Waals surface area contributed by atoms with Crippen molar-refractivity contribution in [1.29, 1.82) is 0 Å². The Balaban J connectivity index is 1.85. The zero-order valence-electron chi connectivity index (χ0n) is 10.4. The van der Waals surface area contributed by atoms with Crippen LogP contribution in [0, 0.1) is 6.92 Å². The fourth-order valence-corrected chi connectivity index (χ4v) is 2.15. The number of anilines is 2. The molecule has 0 unspecified atom stereocenters. The largest absolute Gasteiger partial charge is 0.324 e. The van der Waals surface area contributed by atoms with E-state index in [4.69, 9.17) is 0 Å². The fraction of sp³-hybridized carbons (Fsp3) is 0.286. The highest BCUT2D eigenvalue weighted by Crippen LogP contribution is 2.17. The second-order valence-corrected chi connectivity index (χ2v) is 4.59. The summed E-state index contributed by atoms with van der Waals surface area (Å²) < 4.78 is 0. The van der Waals surface area contributed by atoms with E-state index in [-0.39, 0.29) is 0 Å². The van der Waals surface area contributed by atoms with E-state index in [0.717, 1.165) is 30.9 Å². The molecule has 0 atom stereocenters. The van der Waals surface area contributed by atoms with E-state index in [9.17, 15) is 0 Å². The van der Waals surface area contributed by atoms with Gasteiger partial charge in [-0.1, -0.05) is 12.1 Å². The summed E-state index contributed by atoms with van der Waals surface area (Å²) in [5, 5.41) is 6.57. The van der Waals surface area contributed by atoms with Crippen LogP contribution in [-0.2, 0) is 13.0 Å². The second kappa shape index (κ2) is 4.74. The van der Waals surface area contributed by atoms with Crippen LogP contribution in [0.3, 0.4) is 0 Å². The summed E-state index contributed by atoms with van der Waals surface area (Å²) in [5.41, 5.74) is 4.60. The minimum atomic E-state index is 0.669. The average molecular weight is 240 g/mol. The Bertz CT molecular complexity index is 565. The lowest BCUT2D eigenvalue weighted by Gasteiger charge is -2.16. The summed E-state index contributed by atoms with van der Waals surface area (Å²) in [7, 11) is 0. The zero-order chi connectivity index (χ0) is 12.4. The van der Waals surface area contributed by atoms with Gasteiger partial charge < -0.3 is 10.6 Å². The van der Waals surface area contributed by atoms with Crippen LogP contribution in [-0.4, -0.2) is 16.5 Å². The van der Waals surface area contributed by atoms with E-state index in [1.54, 1.807) is 0 Å². The van der Waals surface area contributed by atoms with Crippen LogP contribution >= 0.6 is 0 Å². The van der Waals surface area contributed by atoms with Crippen molar-refractivity contribution >= 4 is 11.6 Å². The maximum atomic E-state index is 4.55. The van der Waals surface area contributed by atoms with Crippen LogP contribution in [0.4, 0.5) is 11.6 Å². The van der Waals surface area contributed by atoms with Gasteiger partial charge in [0.2, 0.25) is 5.95 Å². The molecule has 4 heteroatoms. The molecule has 2 N–H and O–H groups in total. The van der Waals surface area contributed by atoms with E-state index in [1.807, 2.05) is 18.3 Å². The number of rotatable bonds is 2. The van der Waals surface area contributed by atoms with Crippen LogP contribution < -0.4 is 10.6 Å². The van der Waals surface area contributed by atoms with Crippen molar-refractivity contribution in [2.45, 2.75) is 19.9 Å². The lowest BCUT2D eigenvalue weighted by atomic mass is 10.1. The number of hydrogen-bond donors (Lipinski definition) is 2. The molecule has 1 aromatic heterocycles. The van der Waals surface area contributed by atoms with Gasteiger partial charge in [-0.25, -0.2) is 9.97 Å². The van der Waals surface area contributed by atoms with E-state index < -0.39 is 0 Å². The summed E-state index contributed by atoms with van der Waals surface area (Å²) in [5.74, 6) is 0.669. The van der Waals surface area contributed by atoms with Crippen molar-refractivity contribution in [3.05, 3.63) is 47.3 Å². The molecule has 2 heterocycles. The first-order valence-electron chi connectivity index (χ1n) is 6.20. The molecule has 0 amide bonds. The molecule has 18 heavy (non-hydrogen) atoms. The molecule has 3 rings (SSSR count). The zero-order valence-corrected chi connectivity index (χ0v) is 10.4. The van der Waals surface area contributed by atoms with Crippen molar-refractivity contribution < 1.29 is 0 Å². The van der Waals surface area contributed by atoms with Crippen LogP contribution in [0.15, 0.2) is 30.5 Å². The Morgan fingerprint density at radius 1 is 1.33 bits per heavy atom. The maximum absolute atomic E-state index is 4.55. The number of aromatic nitrogens is 2. The summed E-state index contributed by atoms with van der Waals surface area (Å²) in [6.45, 7) is 3.92. The van der Waals surface area contributed by atoms with Gasteiger partial charge in [0.1, 0.15) is 0 Å². The number of fused-ring (bicyclic) bond motifs is 1. The average Bonchev–Trinajstić information content (AvgIpc) is 2.39. The first-order valence-corrected chi connectivity index (χ1v) is 6.20. The molecular weight excluding hydrogens is 224 g/mol. The monoisotopic (exact) mass is 240 g/mol. The summed E-state index contributed by atoms with van der Waals surface area (Å²) in [6.07, 6.45) is 2.95. The molecule has 4 nitrogen and oxygen atoms in total. The predicted molar refractivity (Wildman–Crippen MR) is 71.9 cm³/mol. The van der Waals surface area contributed by atoms with Gasteiger partial charge in [0.25, 0.3) is 0 Å². The first-order chi connectivity index (χ1) is 8.81. The minimum absolute atomic E-state index is 0.669. The van der Waals surface area contributed by atoms with Crippen molar-refractivity contribution in [1.82, 2.24) is 15.3 Å². The minimum Gasteiger partial charge on any atom is -0.324 e. The Morgan fingerprint density at radius 2 is 2.28 bits per heavy atom. The molecule has 92 valence electrons. The van der Waals surface area contributed by atoms with Crippen molar-refractivity contribution in [3.8, 4) is 0 Å². The molecule has 1 aliphatic heterocycles. The maximum Gasteiger partial charge on any atom is 0.227 e.